The van der Waals surface area contributed by atoms with E-state index in [1.54, 1.807) is 31.2 Å². The second-order valence-corrected chi connectivity index (χ2v) is 8.11. The summed E-state index contributed by atoms with van der Waals surface area (Å²) in [6.07, 6.45) is 5.63. The van der Waals surface area contributed by atoms with Crippen LogP contribution < -0.4 is 15.4 Å². The van der Waals surface area contributed by atoms with Crippen molar-refractivity contribution in [1.82, 2.24) is 0 Å². The van der Waals surface area contributed by atoms with Crippen molar-refractivity contribution in [1.29, 1.82) is 0 Å². The van der Waals surface area contributed by atoms with E-state index in [0.717, 1.165) is 36.8 Å². The molecule has 2 aromatic carbocycles. The number of carbonyl (C=O) groups is 3. The Kier molecular flexibility index (Phi) is 10.4. The summed E-state index contributed by atoms with van der Waals surface area (Å²) in [6.45, 7) is 7.51. The van der Waals surface area contributed by atoms with Crippen LogP contribution in [0.4, 0.5) is 11.4 Å². The van der Waals surface area contributed by atoms with Gasteiger partial charge in [-0.05, 0) is 62.6 Å². The number of aromatic hydroxyl groups is 1. The van der Waals surface area contributed by atoms with Crippen LogP contribution in [0.3, 0.4) is 0 Å². The highest BCUT2D eigenvalue weighted by atomic mass is 16.5. The molecule has 2 aromatic rings. The third-order valence-corrected chi connectivity index (χ3v) is 5.15. The van der Waals surface area contributed by atoms with Gasteiger partial charge in [0, 0.05) is 18.2 Å². The maximum atomic E-state index is 12.3. The van der Waals surface area contributed by atoms with Gasteiger partial charge in [-0.15, -0.1) is 0 Å². The van der Waals surface area contributed by atoms with E-state index in [9.17, 15) is 19.5 Å². The zero-order chi connectivity index (χ0) is 25.1. The molecule has 8 nitrogen and oxygen atoms in total. The van der Waals surface area contributed by atoms with Crippen LogP contribution in [0.5, 0.6) is 17.2 Å². The zero-order valence-corrected chi connectivity index (χ0v) is 20.3. The number of ether oxygens (including phenoxy) is 2. The molecule has 0 spiro atoms. The summed E-state index contributed by atoms with van der Waals surface area (Å²) in [7, 11) is 0. The lowest BCUT2D eigenvalue weighted by molar-refractivity contribution is -0.152. The van der Waals surface area contributed by atoms with Crippen molar-refractivity contribution in [3.8, 4) is 17.2 Å². The molecular weight excluding hydrogens is 436 g/mol. The number of hydrogen-bond acceptors (Lipinski definition) is 6. The van der Waals surface area contributed by atoms with Crippen molar-refractivity contribution in [2.75, 3.05) is 17.2 Å². The molecule has 184 valence electrons. The zero-order valence-electron chi connectivity index (χ0n) is 20.3. The van der Waals surface area contributed by atoms with Crippen molar-refractivity contribution >= 4 is 29.2 Å². The number of aryl methyl sites for hydroxylation is 2. The second-order valence-electron chi connectivity index (χ2n) is 8.11. The Hall–Kier alpha value is -3.55. The topological polar surface area (TPSA) is 114 Å². The highest BCUT2D eigenvalue weighted by Crippen LogP contribution is 2.35. The van der Waals surface area contributed by atoms with Crippen molar-refractivity contribution in [3.63, 3.8) is 0 Å². The lowest BCUT2D eigenvalue weighted by Crippen LogP contribution is -2.25. The molecule has 0 saturated heterocycles. The molecule has 0 heterocycles. The first-order valence-electron chi connectivity index (χ1n) is 11.6. The third kappa shape index (κ3) is 8.10. The number of rotatable bonds is 11. The van der Waals surface area contributed by atoms with Gasteiger partial charge >= 0.3 is 11.9 Å². The number of carbonyl (C=O) groups excluding carboxylic acids is 3. The molecule has 3 N–H and O–H groups in total. The molecule has 0 aliphatic carbocycles. The molecule has 0 atom stereocenters. The van der Waals surface area contributed by atoms with Gasteiger partial charge in [0.05, 0.1) is 12.3 Å². The van der Waals surface area contributed by atoms with Gasteiger partial charge in [-0.2, -0.15) is 0 Å². The van der Waals surface area contributed by atoms with Gasteiger partial charge in [0.1, 0.15) is 17.2 Å². The van der Waals surface area contributed by atoms with E-state index in [-0.39, 0.29) is 24.0 Å². The first-order valence-corrected chi connectivity index (χ1v) is 11.6. The van der Waals surface area contributed by atoms with E-state index in [1.165, 1.54) is 12.5 Å². The number of phenols is 1. The van der Waals surface area contributed by atoms with E-state index in [4.69, 9.17) is 9.47 Å². The summed E-state index contributed by atoms with van der Waals surface area (Å²) in [6, 6.07) is 8.00. The van der Waals surface area contributed by atoms with E-state index >= 15 is 0 Å². The van der Waals surface area contributed by atoms with Crippen LogP contribution in [0.25, 0.3) is 0 Å². The molecule has 2 amide bonds. The number of hydrogen-bond donors (Lipinski definition) is 3. The molecule has 0 bridgehead atoms. The average Bonchev–Trinajstić information content (AvgIpc) is 2.78. The maximum Gasteiger partial charge on any atom is 0.397 e. The van der Waals surface area contributed by atoms with Gasteiger partial charge in [-0.25, -0.2) is 4.79 Å². The number of nitrogens with one attached hydrogen (secondary N) is 2. The number of unbranched alkanes of at least 4 members (excludes halogenated alkanes) is 4. The molecule has 34 heavy (non-hydrogen) atoms. The minimum atomic E-state index is -0.947. The Morgan fingerprint density at radius 3 is 2.24 bits per heavy atom. The largest absolute Gasteiger partial charge is 0.506 e. The van der Waals surface area contributed by atoms with Crippen LogP contribution in [0.15, 0.2) is 30.3 Å². The first-order chi connectivity index (χ1) is 16.2. The van der Waals surface area contributed by atoms with Crippen LogP contribution >= 0.6 is 0 Å². The molecule has 0 aromatic heterocycles. The van der Waals surface area contributed by atoms with E-state index < -0.39 is 11.9 Å². The molecule has 0 aliphatic heterocycles. The van der Waals surface area contributed by atoms with Crippen LogP contribution in [-0.4, -0.2) is 29.5 Å². The fourth-order valence-corrected chi connectivity index (χ4v) is 3.46. The van der Waals surface area contributed by atoms with Gasteiger partial charge < -0.3 is 25.2 Å². The number of amides is 2. The standard InChI is InChI=1S/C26H34N2O6/c1-5-7-8-9-10-11-23(30)28-21-16-20(12-13-22(21)29)34-24-17(3)14-19(15-18(24)4)27-25(31)26(32)33-6-2/h12-16,29H,5-11H2,1-4H3,(H,27,31)(H,28,30). The number of anilines is 2. The average molecular weight is 471 g/mol. The summed E-state index contributed by atoms with van der Waals surface area (Å²) in [5.41, 5.74) is 2.18. The van der Waals surface area contributed by atoms with Gasteiger partial charge in [0.2, 0.25) is 5.91 Å². The summed E-state index contributed by atoms with van der Waals surface area (Å²) >= 11 is 0. The van der Waals surface area contributed by atoms with Gasteiger partial charge in [0.15, 0.2) is 0 Å². The van der Waals surface area contributed by atoms with Crippen molar-refractivity contribution < 1.29 is 29.0 Å². The molecule has 0 saturated carbocycles. The quantitative estimate of drug-likeness (QED) is 0.170. The maximum absolute atomic E-state index is 12.3. The Morgan fingerprint density at radius 1 is 0.912 bits per heavy atom. The Bertz CT molecular complexity index is 995. The normalized spacial score (nSPS) is 10.5. The SMILES string of the molecule is CCCCCCCC(=O)Nc1cc(Oc2c(C)cc(NC(=O)C(=O)OCC)cc2C)ccc1O. The Labute approximate surface area is 200 Å². The molecular formula is C26H34N2O6. The molecule has 0 aliphatic rings. The Morgan fingerprint density at radius 2 is 1.59 bits per heavy atom. The predicted molar refractivity (Wildman–Crippen MR) is 131 cm³/mol. The highest BCUT2D eigenvalue weighted by molar-refractivity contribution is 6.37. The predicted octanol–water partition coefficient (Wildman–Crippen LogP) is 5.60. The van der Waals surface area contributed by atoms with Crippen LogP contribution in [0, 0.1) is 13.8 Å². The van der Waals surface area contributed by atoms with E-state index in [1.807, 2.05) is 13.8 Å². The fourth-order valence-electron chi connectivity index (χ4n) is 3.46. The summed E-state index contributed by atoms with van der Waals surface area (Å²) < 4.78 is 10.7. The van der Waals surface area contributed by atoms with Crippen LogP contribution in [0.1, 0.15) is 63.5 Å². The molecule has 8 heteroatoms. The summed E-state index contributed by atoms with van der Waals surface area (Å²) in [5.74, 6) is -0.995. The molecule has 0 radical (unpaired) electrons. The van der Waals surface area contributed by atoms with Gasteiger partial charge in [-0.3, -0.25) is 9.59 Å². The van der Waals surface area contributed by atoms with Crippen LogP contribution in [-0.2, 0) is 19.1 Å². The molecule has 0 unspecified atom stereocenters. The number of esters is 1. The summed E-state index contributed by atoms with van der Waals surface area (Å²) in [4.78, 5) is 35.7. The Balaban J connectivity index is 2.07. The monoisotopic (exact) mass is 470 g/mol. The first kappa shape index (κ1) is 26.7. The molecule has 2 rings (SSSR count). The van der Waals surface area contributed by atoms with Crippen molar-refractivity contribution in [3.05, 3.63) is 41.5 Å². The third-order valence-electron chi connectivity index (χ3n) is 5.15. The van der Waals surface area contributed by atoms with Crippen LogP contribution in [0.2, 0.25) is 0 Å². The number of benzene rings is 2. The lowest BCUT2D eigenvalue weighted by Gasteiger charge is -2.15. The smallest absolute Gasteiger partial charge is 0.397 e. The minimum Gasteiger partial charge on any atom is -0.506 e. The fraction of sp³-hybridized carbons (Fsp3) is 0.423. The van der Waals surface area contributed by atoms with E-state index in [0.29, 0.717) is 23.6 Å². The van der Waals surface area contributed by atoms with Crippen molar-refractivity contribution in [2.24, 2.45) is 0 Å². The molecule has 0 fully saturated rings. The van der Waals surface area contributed by atoms with Gasteiger partial charge in [-0.1, -0.05) is 32.6 Å². The van der Waals surface area contributed by atoms with E-state index in [2.05, 4.69) is 17.6 Å². The highest BCUT2D eigenvalue weighted by Gasteiger charge is 2.17. The minimum absolute atomic E-state index is 0.0443. The lowest BCUT2D eigenvalue weighted by atomic mass is 10.1. The van der Waals surface area contributed by atoms with Gasteiger partial charge in [0.25, 0.3) is 0 Å². The summed E-state index contributed by atoms with van der Waals surface area (Å²) in [5, 5.41) is 15.4. The van der Waals surface area contributed by atoms with Crippen molar-refractivity contribution in [2.45, 2.75) is 66.2 Å². The second kappa shape index (κ2) is 13.2. The number of phenolic OH excluding ortho intramolecular Hbond substituents is 1.